The summed E-state index contributed by atoms with van der Waals surface area (Å²) in [7, 11) is 1.24. The number of halogens is 2. The number of hydrogen-bond donors (Lipinski definition) is 1. The van der Waals surface area contributed by atoms with Crippen LogP contribution in [0.3, 0.4) is 0 Å². The first-order valence-electron chi connectivity index (χ1n) is 5.28. The van der Waals surface area contributed by atoms with E-state index in [0.29, 0.717) is 9.26 Å². The molecule has 1 N–H and O–H groups in total. The average molecular weight is 413 g/mol. The summed E-state index contributed by atoms with van der Waals surface area (Å²) in [6.45, 7) is 0. The number of carbonyl (C=O) groups is 1. The molecule has 0 spiro atoms. The predicted octanol–water partition coefficient (Wildman–Crippen LogP) is 2.97. The summed E-state index contributed by atoms with van der Waals surface area (Å²) in [6, 6.07) is 7.90. The molecule has 0 saturated heterocycles. The summed E-state index contributed by atoms with van der Waals surface area (Å²) in [5, 5.41) is 29.3. The van der Waals surface area contributed by atoms with Gasteiger partial charge in [0.05, 0.1) is 27.0 Å². The monoisotopic (exact) mass is 412 g/mol. The number of esters is 1. The van der Waals surface area contributed by atoms with Crippen LogP contribution in [0.1, 0.15) is 10.4 Å². The van der Waals surface area contributed by atoms with Gasteiger partial charge in [-0.2, -0.15) is 15.8 Å². The van der Waals surface area contributed by atoms with E-state index in [4.69, 9.17) is 27.4 Å². The number of nitrogens with zero attached hydrogens (tertiary/aromatic N) is 3. The highest BCUT2D eigenvalue weighted by atomic mass is 127. The maximum Gasteiger partial charge on any atom is 0.339 e. The van der Waals surface area contributed by atoms with Gasteiger partial charge in [-0.3, -0.25) is 0 Å². The van der Waals surface area contributed by atoms with Crippen molar-refractivity contribution >= 4 is 45.8 Å². The smallest absolute Gasteiger partial charge is 0.339 e. The lowest BCUT2D eigenvalue weighted by Crippen LogP contribution is -2.06. The van der Waals surface area contributed by atoms with Gasteiger partial charge in [0.1, 0.15) is 23.9 Å². The second kappa shape index (κ2) is 7.49. The zero-order chi connectivity index (χ0) is 16.0. The van der Waals surface area contributed by atoms with E-state index in [0.717, 1.165) is 0 Å². The maximum atomic E-state index is 11.5. The minimum absolute atomic E-state index is 0.153. The molecule has 6 nitrogen and oxygen atoms in total. The van der Waals surface area contributed by atoms with E-state index in [2.05, 4.69) is 10.1 Å². The Morgan fingerprint density at radius 1 is 1.29 bits per heavy atom. The highest BCUT2D eigenvalue weighted by Gasteiger charge is 2.17. The van der Waals surface area contributed by atoms with Gasteiger partial charge in [0, 0.05) is 0 Å². The Morgan fingerprint density at radius 3 is 2.38 bits per heavy atom. The lowest BCUT2D eigenvalue weighted by molar-refractivity contribution is 0.0601. The van der Waals surface area contributed by atoms with Crippen molar-refractivity contribution in [3.63, 3.8) is 0 Å². The van der Waals surface area contributed by atoms with E-state index < -0.39 is 5.97 Å². The van der Waals surface area contributed by atoms with Crippen LogP contribution in [0, 0.1) is 37.6 Å². The zero-order valence-corrected chi connectivity index (χ0v) is 13.5. The summed E-state index contributed by atoms with van der Waals surface area (Å²) >= 11 is 7.95. The van der Waals surface area contributed by atoms with Gasteiger partial charge in [0.15, 0.2) is 5.57 Å². The molecule has 0 aliphatic carbocycles. The first kappa shape index (κ1) is 16.8. The van der Waals surface area contributed by atoms with Crippen molar-refractivity contribution in [1.29, 1.82) is 15.8 Å². The third-order valence-electron chi connectivity index (χ3n) is 2.33. The maximum absolute atomic E-state index is 11.5. The molecular weight excluding hydrogens is 407 g/mol. The van der Waals surface area contributed by atoms with Crippen molar-refractivity contribution in [2.45, 2.75) is 0 Å². The minimum atomic E-state index is -0.588. The van der Waals surface area contributed by atoms with Crippen molar-refractivity contribution in [3.05, 3.63) is 37.6 Å². The van der Waals surface area contributed by atoms with Crippen LogP contribution in [0.4, 0.5) is 5.69 Å². The number of hydrogen-bond acceptors (Lipinski definition) is 6. The van der Waals surface area contributed by atoms with Gasteiger partial charge in [0.25, 0.3) is 0 Å². The molecule has 1 aromatic rings. The molecule has 0 radical (unpaired) electrons. The lowest BCUT2D eigenvalue weighted by Gasteiger charge is -2.11. The van der Waals surface area contributed by atoms with Crippen molar-refractivity contribution in [2.24, 2.45) is 0 Å². The molecule has 1 aromatic carbocycles. The fourth-order valence-corrected chi connectivity index (χ4v) is 2.18. The Balaban J connectivity index is 3.31. The molecule has 0 unspecified atom stereocenters. The number of benzene rings is 1. The van der Waals surface area contributed by atoms with Crippen LogP contribution >= 0.6 is 34.2 Å². The number of nitrogens with one attached hydrogen (secondary N) is 1. The largest absolute Gasteiger partial charge is 0.465 e. The van der Waals surface area contributed by atoms with Gasteiger partial charge in [0.2, 0.25) is 0 Å². The predicted molar refractivity (Wildman–Crippen MR) is 83.0 cm³/mol. The average Bonchev–Trinajstić information content (AvgIpc) is 2.50. The van der Waals surface area contributed by atoms with Crippen LogP contribution in [0.2, 0.25) is 5.02 Å². The van der Waals surface area contributed by atoms with Gasteiger partial charge in [-0.1, -0.05) is 11.6 Å². The molecule has 0 saturated carbocycles. The molecule has 0 aliphatic heterocycles. The van der Waals surface area contributed by atoms with Gasteiger partial charge in [-0.15, -0.1) is 0 Å². The standard InChI is InChI=1S/C13H6ClIN4O2/c1-21-13(20)8-2-3-9(12(15)11(8)14)19-10(6-18)7(4-16)5-17/h2-3,19H,1H3. The van der Waals surface area contributed by atoms with Crippen LogP contribution in [-0.4, -0.2) is 13.1 Å². The van der Waals surface area contributed by atoms with Gasteiger partial charge < -0.3 is 10.1 Å². The summed E-state index contributed by atoms with van der Waals surface area (Å²) in [5.74, 6) is -0.588. The number of rotatable bonds is 3. The quantitative estimate of drug-likeness (QED) is 0.464. The molecule has 1 rings (SSSR count). The first-order valence-corrected chi connectivity index (χ1v) is 6.73. The van der Waals surface area contributed by atoms with E-state index >= 15 is 0 Å². The summed E-state index contributed by atoms with van der Waals surface area (Å²) in [5.41, 5.74) is 0.0338. The summed E-state index contributed by atoms with van der Waals surface area (Å²) in [4.78, 5) is 11.5. The molecule has 0 fully saturated rings. The number of anilines is 1. The Bertz CT molecular complexity index is 737. The number of allylic oxidation sites excluding steroid dienone is 2. The lowest BCUT2D eigenvalue weighted by atomic mass is 10.2. The highest BCUT2D eigenvalue weighted by Crippen LogP contribution is 2.31. The number of carbonyl (C=O) groups excluding carboxylic acids is 1. The number of ether oxygens (including phenoxy) is 1. The van der Waals surface area contributed by atoms with Crippen LogP contribution in [0.25, 0.3) is 0 Å². The zero-order valence-electron chi connectivity index (χ0n) is 10.6. The van der Waals surface area contributed by atoms with E-state index in [1.54, 1.807) is 18.2 Å². The number of nitriles is 3. The Labute approximate surface area is 139 Å². The van der Waals surface area contributed by atoms with Gasteiger partial charge >= 0.3 is 5.97 Å². The molecular formula is C13H6ClIN4O2. The van der Waals surface area contributed by atoms with Crippen LogP contribution in [0.15, 0.2) is 23.4 Å². The fraction of sp³-hybridized carbons (Fsp3) is 0.0769. The fourth-order valence-electron chi connectivity index (χ4n) is 1.33. The van der Waals surface area contributed by atoms with Crippen molar-refractivity contribution in [1.82, 2.24) is 0 Å². The number of methoxy groups -OCH3 is 1. The molecule has 0 amide bonds. The first-order chi connectivity index (χ1) is 9.99. The molecule has 0 heterocycles. The van der Waals surface area contributed by atoms with Crippen molar-refractivity contribution in [3.8, 4) is 18.2 Å². The Morgan fingerprint density at radius 2 is 1.90 bits per heavy atom. The third-order valence-corrected chi connectivity index (χ3v) is 4.16. The van der Waals surface area contributed by atoms with Crippen LogP contribution in [0.5, 0.6) is 0 Å². The second-order valence-electron chi connectivity index (χ2n) is 3.49. The minimum Gasteiger partial charge on any atom is -0.465 e. The van der Waals surface area contributed by atoms with Crippen LogP contribution < -0.4 is 5.32 Å². The van der Waals surface area contributed by atoms with E-state index in [1.165, 1.54) is 19.2 Å². The van der Waals surface area contributed by atoms with Crippen molar-refractivity contribution < 1.29 is 9.53 Å². The molecule has 0 aromatic heterocycles. The summed E-state index contributed by atoms with van der Waals surface area (Å²) in [6.07, 6.45) is 0. The molecule has 0 bridgehead atoms. The summed E-state index contributed by atoms with van der Waals surface area (Å²) < 4.78 is 5.05. The van der Waals surface area contributed by atoms with E-state index in [-0.39, 0.29) is 21.9 Å². The van der Waals surface area contributed by atoms with Crippen LogP contribution in [-0.2, 0) is 4.74 Å². The molecule has 104 valence electrons. The van der Waals surface area contributed by atoms with E-state index in [9.17, 15) is 4.79 Å². The molecule has 21 heavy (non-hydrogen) atoms. The highest BCUT2D eigenvalue weighted by molar-refractivity contribution is 14.1. The van der Waals surface area contributed by atoms with E-state index in [1.807, 2.05) is 22.6 Å². The topological polar surface area (TPSA) is 110 Å². The Kier molecular flexibility index (Phi) is 5.98. The SMILES string of the molecule is COC(=O)c1ccc(NC(C#N)=C(C#N)C#N)c(I)c1Cl. The molecule has 0 atom stereocenters. The molecule has 8 heteroatoms. The van der Waals surface area contributed by atoms with Gasteiger partial charge in [-0.05, 0) is 34.7 Å². The second-order valence-corrected chi connectivity index (χ2v) is 4.95. The normalized spacial score (nSPS) is 8.76. The molecule has 0 aliphatic rings. The Hall–Kier alpha value is -2.28. The van der Waals surface area contributed by atoms with Crippen molar-refractivity contribution in [2.75, 3.05) is 12.4 Å². The van der Waals surface area contributed by atoms with Gasteiger partial charge in [-0.25, -0.2) is 4.79 Å². The third kappa shape index (κ3) is 3.63.